The molecule has 0 saturated heterocycles. The number of nitrogens with one attached hydrogen (secondary N) is 1. The molecule has 1 aromatic carbocycles. The molecule has 0 spiro atoms. The molecule has 162 valence electrons. The van der Waals surface area contributed by atoms with Gasteiger partial charge in [-0.1, -0.05) is 98.5 Å². The van der Waals surface area contributed by atoms with E-state index < -0.39 is 0 Å². The Hall–Kier alpha value is -3.32. The minimum Gasteiger partial charge on any atom is -0.356 e. The second-order valence-electron chi connectivity index (χ2n) is 8.96. The van der Waals surface area contributed by atoms with Crippen molar-refractivity contribution in [2.75, 3.05) is 5.32 Å². The van der Waals surface area contributed by atoms with Crippen molar-refractivity contribution >= 4 is 11.3 Å². The van der Waals surface area contributed by atoms with E-state index in [0.717, 1.165) is 37.1 Å². The van der Waals surface area contributed by atoms with Gasteiger partial charge < -0.3 is 5.32 Å². The summed E-state index contributed by atoms with van der Waals surface area (Å²) in [6.45, 7) is 6.33. The zero-order valence-corrected chi connectivity index (χ0v) is 19.0. The lowest BCUT2D eigenvalue weighted by atomic mass is 9.69. The molecular weight excluding hydrogens is 386 g/mol. The van der Waals surface area contributed by atoms with Crippen LogP contribution in [0.3, 0.4) is 0 Å². The molecule has 2 atom stereocenters. The summed E-state index contributed by atoms with van der Waals surface area (Å²) in [4.78, 5) is 0. The molecule has 3 aliphatic carbocycles. The van der Waals surface area contributed by atoms with Crippen molar-refractivity contribution in [3.8, 4) is 0 Å². The Labute approximate surface area is 193 Å². The lowest BCUT2D eigenvalue weighted by Crippen LogP contribution is -2.25. The van der Waals surface area contributed by atoms with Crippen LogP contribution in [0.25, 0.3) is 5.57 Å². The van der Waals surface area contributed by atoms with E-state index in [1.165, 1.54) is 16.7 Å². The molecule has 1 unspecified atom stereocenters. The molecule has 0 fully saturated rings. The van der Waals surface area contributed by atoms with Gasteiger partial charge in [0, 0.05) is 11.4 Å². The van der Waals surface area contributed by atoms with Crippen LogP contribution >= 0.6 is 0 Å². The highest BCUT2D eigenvalue weighted by Gasteiger charge is 2.30. The van der Waals surface area contributed by atoms with Gasteiger partial charge in [-0.15, -0.1) is 0 Å². The maximum Gasteiger partial charge on any atom is 0.0384 e. The third-order valence-corrected chi connectivity index (χ3v) is 6.55. The van der Waals surface area contributed by atoms with Gasteiger partial charge in [0.1, 0.15) is 0 Å². The third kappa shape index (κ3) is 5.48. The molecule has 1 nitrogen and oxygen atoms in total. The van der Waals surface area contributed by atoms with Gasteiger partial charge in [-0.2, -0.15) is 0 Å². The molecule has 1 N–H and O–H groups in total. The summed E-state index contributed by atoms with van der Waals surface area (Å²) in [6, 6.07) is 8.61. The molecule has 0 saturated carbocycles. The second-order valence-corrected chi connectivity index (χ2v) is 8.96. The van der Waals surface area contributed by atoms with E-state index in [2.05, 4.69) is 122 Å². The summed E-state index contributed by atoms with van der Waals surface area (Å²) in [5.74, 6) is 0.530. The van der Waals surface area contributed by atoms with Crippen LogP contribution in [0.4, 0.5) is 5.69 Å². The highest BCUT2D eigenvalue weighted by molar-refractivity contribution is 5.75. The fourth-order valence-corrected chi connectivity index (χ4v) is 4.48. The van der Waals surface area contributed by atoms with Crippen LogP contribution < -0.4 is 5.32 Å². The Morgan fingerprint density at radius 2 is 1.97 bits per heavy atom. The van der Waals surface area contributed by atoms with Crippen molar-refractivity contribution in [2.45, 2.75) is 32.6 Å². The van der Waals surface area contributed by atoms with Crippen molar-refractivity contribution in [3.05, 3.63) is 133 Å². The van der Waals surface area contributed by atoms with E-state index in [9.17, 15) is 0 Å². The van der Waals surface area contributed by atoms with Crippen molar-refractivity contribution in [1.29, 1.82) is 0 Å². The van der Waals surface area contributed by atoms with E-state index in [1.807, 2.05) is 6.08 Å². The van der Waals surface area contributed by atoms with E-state index in [1.54, 1.807) is 0 Å². The molecular formula is C31H33N. The molecule has 4 rings (SSSR count). The SMILES string of the molecule is C=C/C(=C\C=C\C1=CC=CC([C@@]2(C)C=CC=CC2)C1)Nc1ccc(C2=CCCC=C2)cc1. The number of allylic oxidation sites excluding steroid dienone is 16. The predicted octanol–water partition coefficient (Wildman–Crippen LogP) is 8.48. The third-order valence-electron chi connectivity index (χ3n) is 6.55. The first-order valence-corrected chi connectivity index (χ1v) is 11.6. The molecule has 1 aromatic rings. The normalized spacial score (nSPS) is 25.0. The standard InChI is InChI=1S/C31H33N/c1-3-29(32-30-20-18-27(19-21-30)26-14-6-4-7-15-26)17-11-13-25-12-10-16-28(24-25)31(2)22-8-5-9-23-31/h3,5-6,8-22,28,32H,1,4,7,23-24H2,2H3/b13-11+,29-17+/t28?,31-/m0/s1. The van der Waals surface area contributed by atoms with Gasteiger partial charge in [-0.05, 0) is 78.0 Å². The lowest BCUT2D eigenvalue weighted by molar-refractivity contribution is 0.306. The lowest BCUT2D eigenvalue weighted by Gasteiger charge is -2.35. The largest absolute Gasteiger partial charge is 0.356 e. The fourth-order valence-electron chi connectivity index (χ4n) is 4.48. The minimum atomic E-state index is 0.206. The second kappa shape index (κ2) is 10.3. The van der Waals surface area contributed by atoms with Gasteiger partial charge >= 0.3 is 0 Å². The molecule has 3 aliphatic rings. The average Bonchev–Trinajstić information content (AvgIpc) is 2.85. The van der Waals surface area contributed by atoms with E-state index in [-0.39, 0.29) is 5.41 Å². The summed E-state index contributed by atoms with van der Waals surface area (Å²) in [6.07, 6.45) is 35.3. The molecule has 0 bridgehead atoms. The van der Waals surface area contributed by atoms with Crippen molar-refractivity contribution < 1.29 is 0 Å². The van der Waals surface area contributed by atoms with Crippen molar-refractivity contribution in [2.24, 2.45) is 11.3 Å². The topological polar surface area (TPSA) is 12.0 Å². The van der Waals surface area contributed by atoms with Crippen LogP contribution in [0, 0.1) is 11.3 Å². The Bertz CT molecular complexity index is 1070. The van der Waals surface area contributed by atoms with Crippen LogP contribution in [-0.4, -0.2) is 0 Å². The Balaban J connectivity index is 1.37. The van der Waals surface area contributed by atoms with Crippen LogP contribution in [-0.2, 0) is 0 Å². The first kappa shape index (κ1) is 21.9. The summed E-state index contributed by atoms with van der Waals surface area (Å²) >= 11 is 0. The monoisotopic (exact) mass is 419 g/mol. The van der Waals surface area contributed by atoms with Gasteiger partial charge in [0.05, 0.1) is 0 Å². The number of rotatable bonds is 7. The summed E-state index contributed by atoms with van der Waals surface area (Å²) in [5, 5.41) is 3.47. The maximum atomic E-state index is 3.97. The summed E-state index contributed by atoms with van der Waals surface area (Å²) in [7, 11) is 0. The minimum absolute atomic E-state index is 0.206. The van der Waals surface area contributed by atoms with Crippen molar-refractivity contribution in [1.82, 2.24) is 0 Å². The van der Waals surface area contributed by atoms with Crippen LogP contribution in [0.15, 0.2) is 127 Å². The van der Waals surface area contributed by atoms with Gasteiger partial charge in [0.2, 0.25) is 0 Å². The van der Waals surface area contributed by atoms with Crippen LogP contribution in [0.1, 0.15) is 38.2 Å². The first-order valence-electron chi connectivity index (χ1n) is 11.6. The molecule has 1 heteroatoms. The van der Waals surface area contributed by atoms with Crippen LogP contribution in [0.2, 0.25) is 0 Å². The maximum absolute atomic E-state index is 3.97. The van der Waals surface area contributed by atoms with E-state index in [4.69, 9.17) is 0 Å². The van der Waals surface area contributed by atoms with E-state index >= 15 is 0 Å². The highest BCUT2D eigenvalue weighted by Crippen LogP contribution is 2.41. The number of benzene rings is 1. The van der Waals surface area contributed by atoms with E-state index in [0.29, 0.717) is 5.92 Å². The molecule has 0 radical (unpaired) electrons. The number of hydrogen-bond acceptors (Lipinski definition) is 1. The van der Waals surface area contributed by atoms with Gasteiger partial charge in [-0.25, -0.2) is 0 Å². The molecule has 0 aliphatic heterocycles. The Morgan fingerprint density at radius 1 is 1.09 bits per heavy atom. The van der Waals surface area contributed by atoms with Crippen LogP contribution in [0.5, 0.6) is 0 Å². The molecule has 0 heterocycles. The van der Waals surface area contributed by atoms with Gasteiger partial charge in [0.25, 0.3) is 0 Å². The fraction of sp³-hybridized carbons (Fsp3) is 0.226. The smallest absolute Gasteiger partial charge is 0.0384 e. The van der Waals surface area contributed by atoms with Crippen molar-refractivity contribution in [3.63, 3.8) is 0 Å². The Morgan fingerprint density at radius 3 is 2.69 bits per heavy atom. The zero-order valence-electron chi connectivity index (χ0n) is 19.0. The predicted molar refractivity (Wildman–Crippen MR) is 140 cm³/mol. The van der Waals surface area contributed by atoms with Gasteiger partial charge in [0.15, 0.2) is 0 Å². The Kier molecular flexibility index (Phi) is 7.07. The quantitative estimate of drug-likeness (QED) is 0.437. The zero-order chi connectivity index (χ0) is 22.2. The van der Waals surface area contributed by atoms with Gasteiger partial charge in [-0.3, -0.25) is 0 Å². The highest BCUT2D eigenvalue weighted by atomic mass is 14.9. The first-order chi connectivity index (χ1) is 15.7. The molecule has 0 amide bonds. The summed E-state index contributed by atoms with van der Waals surface area (Å²) in [5.41, 5.74) is 6.20. The summed E-state index contributed by atoms with van der Waals surface area (Å²) < 4.78 is 0. The number of anilines is 1. The molecule has 0 aromatic heterocycles. The average molecular weight is 420 g/mol. The molecule has 32 heavy (non-hydrogen) atoms. The number of hydrogen-bond donors (Lipinski definition) is 1.